The van der Waals surface area contributed by atoms with Crippen LogP contribution in [0.15, 0.2) is 29.1 Å². The number of carbonyl (C=O) groups is 1. The molecule has 30 heavy (non-hydrogen) atoms. The molecule has 1 aliphatic heterocycles. The van der Waals surface area contributed by atoms with Crippen molar-refractivity contribution >= 4 is 17.1 Å². The summed E-state index contributed by atoms with van der Waals surface area (Å²) in [5.41, 5.74) is 0.959. The predicted molar refractivity (Wildman–Crippen MR) is 107 cm³/mol. The number of rotatable bonds is 4. The average Bonchev–Trinajstić information content (AvgIpc) is 3.10. The quantitative estimate of drug-likeness (QED) is 0.711. The number of hydrogen-bond donors (Lipinski definition) is 1. The zero-order chi connectivity index (χ0) is 20.7. The van der Waals surface area contributed by atoms with Crippen molar-refractivity contribution in [3.8, 4) is 0 Å². The molecule has 156 valence electrons. The van der Waals surface area contributed by atoms with Crippen LogP contribution < -0.4 is 5.56 Å². The lowest BCUT2D eigenvalue weighted by atomic mass is 9.83. The number of hydrogen-bond acceptors (Lipinski definition) is 5. The van der Waals surface area contributed by atoms with E-state index in [1.54, 1.807) is 12.1 Å². The Morgan fingerprint density at radius 1 is 1.20 bits per heavy atom. The van der Waals surface area contributed by atoms with E-state index in [0.29, 0.717) is 30.1 Å². The van der Waals surface area contributed by atoms with E-state index >= 15 is 0 Å². The zero-order valence-electron chi connectivity index (χ0n) is 16.6. The Hall–Kier alpha value is -3.10. The SMILES string of the molecule is O=C(C1CCC1)N1CCC(c2nc3c(nnn3Cc3cccc(F)c3)c(=O)[nH]2)CC1. The minimum absolute atomic E-state index is 0.0741. The summed E-state index contributed by atoms with van der Waals surface area (Å²) in [6.45, 7) is 1.64. The second-order valence-electron chi connectivity index (χ2n) is 8.23. The van der Waals surface area contributed by atoms with E-state index in [2.05, 4.69) is 20.3 Å². The highest BCUT2D eigenvalue weighted by Crippen LogP contribution is 2.31. The number of carbonyl (C=O) groups excluding carboxylic acids is 1. The highest BCUT2D eigenvalue weighted by molar-refractivity contribution is 5.79. The van der Waals surface area contributed by atoms with Crippen molar-refractivity contribution in [1.82, 2.24) is 29.9 Å². The molecule has 1 N–H and O–H groups in total. The van der Waals surface area contributed by atoms with E-state index < -0.39 is 0 Å². The topological polar surface area (TPSA) is 96.8 Å². The van der Waals surface area contributed by atoms with Gasteiger partial charge in [0.25, 0.3) is 5.56 Å². The van der Waals surface area contributed by atoms with Gasteiger partial charge >= 0.3 is 0 Å². The zero-order valence-corrected chi connectivity index (χ0v) is 16.6. The fourth-order valence-electron chi connectivity index (χ4n) is 4.28. The van der Waals surface area contributed by atoms with Gasteiger partial charge in [-0.3, -0.25) is 9.59 Å². The number of piperidine rings is 1. The largest absolute Gasteiger partial charge is 0.342 e. The lowest BCUT2D eigenvalue weighted by Gasteiger charge is -2.36. The molecule has 1 saturated carbocycles. The van der Waals surface area contributed by atoms with Gasteiger partial charge in [-0.1, -0.05) is 23.8 Å². The number of aromatic amines is 1. The molecular weight excluding hydrogens is 387 g/mol. The van der Waals surface area contributed by atoms with Crippen molar-refractivity contribution in [2.45, 2.75) is 44.6 Å². The van der Waals surface area contributed by atoms with E-state index in [-0.39, 0.29) is 41.2 Å². The molecule has 0 radical (unpaired) electrons. The Labute approximate surface area is 172 Å². The second kappa shape index (κ2) is 7.62. The molecule has 1 saturated heterocycles. The van der Waals surface area contributed by atoms with E-state index in [4.69, 9.17) is 0 Å². The van der Waals surface area contributed by atoms with Crippen molar-refractivity contribution < 1.29 is 9.18 Å². The van der Waals surface area contributed by atoms with E-state index in [1.165, 1.54) is 16.8 Å². The first-order chi connectivity index (χ1) is 14.6. The first-order valence-corrected chi connectivity index (χ1v) is 10.4. The van der Waals surface area contributed by atoms with Crippen molar-refractivity contribution in [2.75, 3.05) is 13.1 Å². The molecule has 8 nitrogen and oxygen atoms in total. The normalized spacial score (nSPS) is 18.0. The molecule has 5 rings (SSSR count). The van der Waals surface area contributed by atoms with Crippen LogP contribution in [0.5, 0.6) is 0 Å². The van der Waals surface area contributed by atoms with E-state index in [9.17, 15) is 14.0 Å². The molecule has 9 heteroatoms. The van der Waals surface area contributed by atoms with Gasteiger partial charge in [-0.15, -0.1) is 5.10 Å². The van der Waals surface area contributed by atoms with Crippen LogP contribution in [0.25, 0.3) is 11.2 Å². The molecule has 0 spiro atoms. The Morgan fingerprint density at radius 2 is 2.00 bits per heavy atom. The number of fused-ring (bicyclic) bond motifs is 1. The molecule has 2 aromatic heterocycles. The summed E-state index contributed by atoms with van der Waals surface area (Å²) >= 11 is 0. The van der Waals surface area contributed by atoms with Gasteiger partial charge < -0.3 is 9.88 Å². The van der Waals surface area contributed by atoms with Crippen LogP contribution in [0.1, 0.15) is 49.4 Å². The van der Waals surface area contributed by atoms with Crippen LogP contribution in [0.4, 0.5) is 4.39 Å². The molecule has 0 unspecified atom stereocenters. The number of nitrogens with zero attached hydrogens (tertiary/aromatic N) is 5. The van der Waals surface area contributed by atoms with Gasteiger partial charge in [0.2, 0.25) is 5.91 Å². The molecule has 0 atom stereocenters. The average molecular weight is 410 g/mol. The third-order valence-electron chi connectivity index (χ3n) is 6.26. The minimum Gasteiger partial charge on any atom is -0.342 e. The molecule has 1 amide bonds. The summed E-state index contributed by atoms with van der Waals surface area (Å²) in [4.78, 5) is 34.5. The van der Waals surface area contributed by atoms with Crippen molar-refractivity contribution in [3.63, 3.8) is 0 Å². The van der Waals surface area contributed by atoms with Gasteiger partial charge in [0, 0.05) is 24.9 Å². The molecule has 0 bridgehead atoms. The van der Waals surface area contributed by atoms with Gasteiger partial charge in [0.15, 0.2) is 11.2 Å². The Balaban J connectivity index is 1.36. The number of halogens is 1. The maximum absolute atomic E-state index is 13.5. The molecule has 2 fully saturated rings. The third-order valence-corrected chi connectivity index (χ3v) is 6.26. The van der Waals surface area contributed by atoms with Crippen LogP contribution in [0.3, 0.4) is 0 Å². The fraction of sp³-hybridized carbons (Fsp3) is 0.476. The minimum atomic E-state index is -0.327. The van der Waals surface area contributed by atoms with Gasteiger partial charge in [-0.25, -0.2) is 14.1 Å². The molecule has 2 aliphatic rings. The molecule has 1 aromatic carbocycles. The molecule has 3 heterocycles. The number of amides is 1. The Bertz CT molecular complexity index is 1140. The lowest BCUT2D eigenvalue weighted by molar-refractivity contribution is -0.139. The molecule has 3 aromatic rings. The van der Waals surface area contributed by atoms with Crippen molar-refractivity contribution in [1.29, 1.82) is 0 Å². The molecular formula is C21H23FN6O2. The second-order valence-corrected chi connectivity index (χ2v) is 8.23. The summed E-state index contributed by atoms with van der Waals surface area (Å²) in [6.07, 6.45) is 4.69. The number of benzene rings is 1. The number of likely N-dealkylation sites (tertiary alicyclic amines) is 1. The van der Waals surface area contributed by atoms with Crippen molar-refractivity contribution in [3.05, 3.63) is 51.8 Å². The van der Waals surface area contributed by atoms with Crippen molar-refractivity contribution in [2.24, 2.45) is 5.92 Å². The van der Waals surface area contributed by atoms with Crippen LogP contribution in [0.2, 0.25) is 0 Å². The van der Waals surface area contributed by atoms with Gasteiger partial charge in [0.1, 0.15) is 11.6 Å². The summed E-state index contributed by atoms with van der Waals surface area (Å²) in [5.74, 6) is 0.829. The Morgan fingerprint density at radius 3 is 2.70 bits per heavy atom. The number of H-pyrrole nitrogens is 1. The summed E-state index contributed by atoms with van der Waals surface area (Å²) < 4.78 is 15.0. The standard InChI is InChI=1S/C21H23FN6O2/c22-16-6-1-3-13(11-16)12-28-19-17(25-26-28)20(29)24-18(23-19)14-7-9-27(10-8-14)21(30)15-4-2-5-15/h1,3,6,11,14-15H,2,4-5,7-10,12H2,(H,23,24,29). The summed E-state index contributed by atoms with van der Waals surface area (Å²) in [5, 5.41) is 8.00. The number of aromatic nitrogens is 5. The van der Waals surface area contributed by atoms with Gasteiger partial charge in [-0.05, 0) is 43.4 Å². The first-order valence-electron chi connectivity index (χ1n) is 10.4. The predicted octanol–water partition coefficient (Wildman–Crippen LogP) is 2.21. The van der Waals surface area contributed by atoms with Crippen LogP contribution in [-0.4, -0.2) is 48.9 Å². The lowest BCUT2D eigenvalue weighted by Crippen LogP contribution is -2.43. The summed E-state index contributed by atoms with van der Waals surface area (Å²) in [6, 6.07) is 6.23. The smallest absolute Gasteiger partial charge is 0.281 e. The summed E-state index contributed by atoms with van der Waals surface area (Å²) in [7, 11) is 0. The molecule has 1 aliphatic carbocycles. The van der Waals surface area contributed by atoms with Gasteiger partial charge in [-0.2, -0.15) is 0 Å². The van der Waals surface area contributed by atoms with Gasteiger partial charge in [0.05, 0.1) is 6.54 Å². The highest BCUT2D eigenvalue weighted by Gasteiger charge is 2.32. The monoisotopic (exact) mass is 410 g/mol. The van der Waals surface area contributed by atoms with Crippen LogP contribution in [-0.2, 0) is 11.3 Å². The van der Waals surface area contributed by atoms with Crippen LogP contribution >= 0.6 is 0 Å². The Kier molecular flexibility index (Phi) is 4.80. The van der Waals surface area contributed by atoms with E-state index in [0.717, 1.165) is 32.1 Å². The number of nitrogens with one attached hydrogen (secondary N) is 1. The first kappa shape index (κ1) is 18.9. The maximum atomic E-state index is 13.5. The fourth-order valence-corrected chi connectivity index (χ4v) is 4.28. The maximum Gasteiger partial charge on any atom is 0.281 e. The van der Waals surface area contributed by atoms with Crippen LogP contribution in [0, 0.1) is 11.7 Å². The highest BCUT2D eigenvalue weighted by atomic mass is 19.1. The van der Waals surface area contributed by atoms with E-state index in [1.807, 2.05) is 4.90 Å². The third kappa shape index (κ3) is 3.48.